The zero-order valence-corrected chi connectivity index (χ0v) is 13.5. The van der Waals surface area contributed by atoms with Crippen molar-refractivity contribution in [1.82, 2.24) is 24.7 Å². The molecule has 24 heavy (non-hydrogen) atoms. The minimum Gasteiger partial charge on any atom is -0.379 e. The molecule has 0 aliphatic carbocycles. The summed E-state index contributed by atoms with van der Waals surface area (Å²) < 4.78 is 7.37. The van der Waals surface area contributed by atoms with Gasteiger partial charge in [-0.05, 0) is 31.4 Å². The first-order valence-corrected chi connectivity index (χ1v) is 8.17. The molecule has 1 saturated heterocycles. The van der Waals surface area contributed by atoms with Crippen molar-refractivity contribution in [3.8, 4) is 0 Å². The fourth-order valence-corrected chi connectivity index (χ4v) is 3.11. The molecule has 124 valence electrons. The Morgan fingerprint density at radius 2 is 2.38 bits per heavy atom. The third-order valence-corrected chi connectivity index (χ3v) is 4.45. The highest BCUT2D eigenvalue weighted by Gasteiger charge is 2.20. The molecular weight excluding hydrogens is 306 g/mol. The van der Waals surface area contributed by atoms with Gasteiger partial charge in [0.1, 0.15) is 11.2 Å². The van der Waals surface area contributed by atoms with Gasteiger partial charge in [-0.1, -0.05) is 6.07 Å². The lowest BCUT2D eigenvalue weighted by atomic mass is 10.1. The van der Waals surface area contributed by atoms with Crippen LogP contribution in [0, 0.1) is 6.92 Å². The van der Waals surface area contributed by atoms with Gasteiger partial charge in [-0.15, -0.1) is 0 Å². The Morgan fingerprint density at radius 1 is 1.46 bits per heavy atom. The third kappa shape index (κ3) is 2.71. The largest absolute Gasteiger partial charge is 0.379 e. The number of pyridine rings is 1. The van der Waals surface area contributed by atoms with Crippen LogP contribution in [0.4, 0.5) is 0 Å². The summed E-state index contributed by atoms with van der Waals surface area (Å²) in [5.41, 5.74) is 2.45. The lowest BCUT2D eigenvalue weighted by molar-refractivity contribution is 0.0563. The minimum absolute atomic E-state index is 0.134. The van der Waals surface area contributed by atoms with E-state index in [1.54, 1.807) is 12.4 Å². The summed E-state index contributed by atoms with van der Waals surface area (Å²) in [7, 11) is 0. The average molecular weight is 325 g/mol. The van der Waals surface area contributed by atoms with E-state index < -0.39 is 0 Å². The van der Waals surface area contributed by atoms with Crippen molar-refractivity contribution < 1.29 is 4.74 Å². The Kier molecular flexibility index (Phi) is 3.86. The smallest absolute Gasteiger partial charge is 0.262 e. The highest BCUT2D eigenvalue weighted by molar-refractivity contribution is 5.73. The summed E-state index contributed by atoms with van der Waals surface area (Å²) in [5.74, 6) is 0.604. The van der Waals surface area contributed by atoms with E-state index in [1.807, 2.05) is 23.7 Å². The molecule has 1 N–H and O–H groups in total. The lowest BCUT2D eigenvalue weighted by Gasteiger charge is -2.22. The molecule has 0 amide bonds. The number of hydrogen-bond acceptors (Lipinski definition) is 5. The molecule has 1 aliphatic heterocycles. The molecule has 0 aromatic carbocycles. The third-order valence-electron chi connectivity index (χ3n) is 4.45. The summed E-state index contributed by atoms with van der Waals surface area (Å²) in [4.78, 5) is 24.3. The van der Waals surface area contributed by atoms with Crippen LogP contribution >= 0.6 is 0 Å². The quantitative estimate of drug-likeness (QED) is 0.793. The van der Waals surface area contributed by atoms with Crippen LogP contribution in [0.1, 0.15) is 36.0 Å². The maximum absolute atomic E-state index is 12.4. The second-order valence-corrected chi connectivity index (χ2v) is 6.15. The topological polar surface area (TPSA) is 85.7 Å². The Hall–Kier alpha value is -2.54. The van der Waals surface area contributed by atoms with Gasteiger partial charge in [0.05, 0.1) is 24.5 Å². The van der Waals surface area contributed by atoms with Gasteiger partial charge in [-0.2, -0.15) is 5.10 Å². The highest BCUT2D eigenvalue weighted by atomic mass is 16.5. The lowest BCUT2D eigenvalue weighted by Crippen LogP contribution is -2.23. The number of ether oxygens (including phenoxy) is 1. The van der Waals surface area contributed by atoms with Gasteiger partial charge in [0.15, 0.2) is 5.65 Å². The van der Waals surface area contributed by atoms with Crippen LogP contribution in [0.3, 0.4) is 0 Å². The highest BCUT2D eigenvalue weighted by Crippen LogP contribution is 2.22. The second kappa shape index (κ2) is 6.16. The number of nitrogens with one attached hydrogen (secondary N) is 1. The summed E-state index contributed by atoms with van der Waals surface area (Å²) in [5, 5.41) is 4.90. The Morgan fingerprint density at radius 3 is 3.17 bits per heavy atom. The zero-order chi connectivity index (χ0) is 16.5. The second-order valence-electron chi connectivity index (χ2n) is 6.15. The molecule has 0 bridgehead atoms. The summed E-state index contributed by atoms with van der Waals surface area (Å²) in [6.07, 6.45) is 5.81. The van der Waals surface area contributed by atoms with Crippen LogP contribution in [0.5, 0.6) is 0 Å². The van der Waals surface area contributed by atoms with E-state index in [0.717, 1.165) is 30.7 Å². The van der Waals surface area contributed by atoms with Crippen molar-refractivity contribution in [2.75, 3.05) is 13.2 Å². The van der Waals surface area contributed by atoms with Crippen molar-refractivity contribution in [2.24, 2.45) is 0 Å². The van der Waals surface area contributed by atoms with Gasteiger partial charge in [-0.3, -0.25) is 9.78 Å². The first kappa shape index (κ1) is 15.0. The predicted molar refractivity (Wildman–Crippen MR) is 89.0 cm³/mol. The Balaban J connectivity index is 1.75. The maximum atomic E-state index is 12.4. The molecule has 3 aromatic heterocycles. The molecule has 0 saturated carbocycles. The van der Waals surface area contributed by atoms with Crippen LogP contribution in [-0.4, -0.2) is 37.9 Å². The van der Waals surface area contributed by atoms with E-state index in [-0.39, 0.29) is 11.6 Å². The van der Waals surface area contributed by atoms with E-state index in [1.165, 1.54) is 0 Å². The van der Waals surface area contributed by atoms with Crippen LogP contribution < -0.4 is 5.56 Å². The van der Waals surface area contributed by atoms with Gasteiger partial charge in [-0.25, -0.2) is 9.67 Å². The van der Waals surface area contributed by atoms with Crippen LogP contribution in [-0.2, 0) is 11.2 Å². The molecule has 7 heteroatoms. The summed E-state index contributed by atoms with van der Waals surface area (Å²) in [6, 6.07) is 4.04. The van der Waals surface area contributed by atoms with Gasteiger partial charge >= 0.3 is 0 Å². The van der Waals surface area contributed by atoms with Crippen molar-refractivity contribution in [2.45, 2.75) is 32.2 Å². The molecule has 0 spiro atoms. The predicted octanol–water partition coefficient (Wildman–Crippen LogP) is 1.77. The number of H-pyrrole nitrogens is 1. The molecule has 1 unspecified atom stereocenters. The fraction of sp³-hybridized carbons (Fsp3) is 0.412. The van der Waals surface area contributed by atoms with Crippen molar-refractivity contribution in [3.05, 3.63) is 52.0 Å². The molecule has 1 atom stereocenters. The number of rotatable bonds is 3. The van der Waals surface area contributed by atoms with E-state index in [0.29, 0.717) is 29.9 Å². The van der Waals surface area contributed by atoms with E-state index in [2.05, 4.69) is 20.1 Å². The van der Waals surface area contributed by atoms with Gasteiger partial charge < -0.3 is 9.72 Å². The number of hydrogen-bond donors (Lipinski definition) is 1. The Labute approximate surface area is 138 Å². The molecule has 4 rings (SSSR count). The summed E-state index contributed by atoms with van der Waals surface area (Å²) in [6.45, 7) is 3.40. The number of aromatic amines is 1. The van der Waals surface area contributed by atoms with E-state index >= 15 is 0 Å². The molecule has 3 aromatic rings. The number of nitrogens with zero attached hydrogens (tertiary/aromatic N) is 4. The molecule has 1 fully saturated rings. The molecule has 4 heterocycles. The van der Waals surface area contributed by atoms with Crippen LogP contribution in [0.25, 0.3) is 11.0 Å². The SMILES string of the molecule is Cc1cccnc1Cc1nc2c(cnn2C2CCCOC2)c(=O)[nH]1. The number of fused-ring (bicyclic) bond motifs is 1. The van der Waals surface area contributed by atoms with Crippen molar-refractivity contribution >= 4 is 11.0 Å². The van der Waals surface area contributed by atoms with E-state index in [9.17, 15) is 4.79 Å². The first-order valence-electron chi connectivity index (χ1n) is 8.17. The van der Waals surface area contributed by atoms with Crippen molar-refractivity contribution in [1.29, 1.82) is 0 Å². The Bertz CT molecular complexity index is 924. The van der Waals surface area contributed by atoms with Gasteiger partial charge in [0.25, 0.3) is 5.56 Å². The molecule has 0 radical (unpaired) electrons. The number of aromatic nitrogens is 5. The van der Waals surface area contributed by atoms with Crippen molar-refractivity contribution in [3.63, 3.8) is 0 Å². The maximum Gasteiger partial charge on any atom is 0.262 e. The molecular formula is C17H19N5O2. The summed E-state index contributed by atoms with van der Waals surface area (Å²) >= 11 is 0. The van der Waals surface area contributed by atoms with Crippen LogP contribution in [0.15, 0.2) is 29.3 Å². The normalized spacial score (nSPS) is 18.1. The van der Waals surface area contributed by atoms with Gasteiger partial charge in [0, 0.05) is 19.2 Å². The molecule has 7 nitrogen and oxygen atoms in total. The monoisotopic (exact) mass is 325 g/mol. The van der Waals surface area contributed by atoms with Gasteiger partial charge in [0.2, 0.25) is 0 Å². The first-order chi connectivity index (χ1) is 11.7. The van der Waals surface area contributed by atoms with Crippen LogP contribution in [0.2, 0.25) is 0 Å². The number of aryl methyl sites for hydroxylation is 1. The zero-order valence-electron chi connectivity index (χ0n) is 13.5. The fourth-order valence-electron chi connectivity index (χ4n) is 3.11. The minimum atomic E-state index is -0.161. The standard InChI is InChI=1S/C17H19N5O2/c1-11-4-2-6-18-14(11)8-15-20-16-13(17(23)21-15)9-19-22(16)12-5-3-7-24-10-12/h2,4,6,9,12H,3,5,7-8,10H2,1H3,(H,20,21,23). The average Bonchev–Trinajstić information content (AvgIpc) is 3.02. The molecule has 1 aliphatic rings. The van der Waals surface area contributed by atoms with E-state index in [4.69, 9.17) is 4.74 Å².